The second-order valence-electron chi connectivity index (χ2n) is 3.76. The molecule has 0 aromatic carbocycles. The molecule has 0 bridgehead atoms. The highest BCUT2D eigenvalue weighted by molar-refractivity contribution is 6.08. The third-order valence-corrected chi connectivity index (χ3v) is 2.29. The van der Waals surface area contributed by atoms with E-state index in [1.54, 1.807) is 11.0 Å². The van der Waals surface area contributed by atoms with Gasteiger partial charge in [0.1, 0.15) is 6.23 Å². The third kappa shape index (κ3) is 8.34. The molecule has 0 amide bonds. The Morgan fingerprint density at radius 1 is 1.53 bits per heavy atom. The summed E-state index contributed by atoms with van der Waals surface area (Å²) in [6.07, 6.45) is 2.40. The first-order valence-electron chi connectivity index (χ1n) is 5.95. The molecule has 0 rings (SSSR count). The smallest absolute Gasteiger partial charge is 0.174 e. The fourth-order valence-electron chi connectivity index (χ4n) is 1.31. The Morgan fingerprint density at radius 3 is 2.76 bits per heavy atom. The van der Waals surface area contributed by atoms with Crippen LogP contribution in [0.1, 0.15) is 26.2 Å². The van der Waals surface area contributed by atoms with E-state index in [2.05, 4.69) is 12.1 Å². The van der Waals surface area contributed by atoms with Crippen LogP contribution in [0.5, 0.6) is 0 Å². The molecule has 2 atom stereocenters. The number of nitrogens with zero attached hydrogens (tertiary/aromatic N) is 1. The molecule has 0 saturated carbocycles. The summed E-state index contributed by atoms with van der Waals surface area (Å²) in [5.74, 6) is 0. The monoisotopic (exact) mass is 242 g/mol. The van der Waals surface area contributed by atoms with Gasteiger partial charge < -0.3 is 10.2 Å². The first-order chi connectivity index (χ1) is 8.15. The van der Waals surface area contributed by atoms with Crippen molar-refractivity contribution in [2.75, 3.05) is 19.5 Å². The largest absolute Gasteiger partial charge is 0.378 e. The predicted octanol–water partition coefficient (Wildman–Crippen LogP) is -0.0514. The van der Waals surface area contributed by atoms with Crippen LogP contribution in [-0.4, -0.2) is 55.0 Å². The van der Waals surface area contributed by atoms with Gasteiger partial charge in [-0.05, 0) is 12.9 Å². The minimum Gasteiger partial charge on any atom is -0.378 e. The van der Waals surface area contributed by atoms with Gasteiger partial charge in [-0.1, -0.05) is 19.4 Å². The number of hydrogen-bond donors (Lipinski definition) is 3. The molecule has 0 aromatic rings. The van der Waals surface area contributed by atoms with Gasteiger partial charge in [-0.15, -0.1) is 6.58 Å². The molecule has 0 heterocycles. The molecule has 0 aliphatic carbocycles. The Hall–Kier alpha value is -0.395. The van der Waals surface area contributed by atoms with E-state index in [0.717, 1.165) is 6.42 Å². The lowest BCUT2D eigenvalue weighted by Gasteiger charge is -2.26. The van der Waals surface area contributed by atoms with Crippen molar-refractivity contribution >= 4 is 7.85 Å². The van der Waals surface area contributed by atoms with Crippen molar-refractivity contribution in [2.45, 2.75) is 38.7 Å². The van der Waals surface area contributed by atoms with Gasteiger partial charge in [-0.3, -0.25) is 9.74 Å². The van der Waals surface area contributed by atoms with E-state index >= 15 is 0 Å². The van der Waals surface area contributed by atoms with Crippen molar-refractivity contribution in [1.29, 1.82) is 0 Å². The van der Waals surface area contributed by atoms with Gasteiger partial charge >= 0.3 is 0 Å². The SMILES string of the molecule is [B]CN(CCNOC(O)CCC)C(O)CC=C. The Morgan fingerprint density at radius 2 is 2.24 bits per heavy atom. The first kappa shape index (κ1) is 16.6. The van der Waals surface area contributed by atoms with Crippen LogP contribution in [-0.2, 0) is 4.84 Å². The van der Waals surface area contributed by atoms with Crippen molar-refractivity contribution in [3.05, 3.63) is 12.7 Å². The summed E-state index contributed by atoms with van der Waals surface area (Å²) in [4.78, 5) is 6.64. The second-order valence-corrected chi connectivity index (χ2v) is 3.76. The molecule has 6 heteroatoms. The lowest BCUT2D eigenvalue weighted by Crippen LogP contribution is -2.41. The maximum absolute atomic E-state index is 9.66. The molecule has 0 aliphatic rings. The zero-order chi connectivity index (χ0) is 13.1. The summed E-state index contributed by atoms with van der Waals surface area (Å²) >= 11 is 0. The van der Waals surface area contributed by atoms with Crippen LogP contribution in [0.15, 0.2) is 12.7 Å². The molecule has 98 valence electrons. The van der Waals surface area contributed by atoms with E-state index in [0.29, 0.717) is 25.9 Å². The molecule has 2 unspecified atom stereocenters. The van der Waals surface area contributed by atoms with E-state index in [-0.39, 0.29) is 6.44 Å². The number of aliphatic hydroxyl groups is 2. The van der Waals surface area contributed by atoms with Crippen LogP contribution in [0.2, 0.25) is 0 Å². The van der Waals surface area contributed by atoms with Crippen LogP contribution in [0, 0.1) is 0 Å². The first-order valence-corrected chi connectivity index (χ1v) is 5.95. The molecule has 3 N–H and O–H groups in total. The number of rotatable bonds is 11. The lowest BCUT2D eigenvalue weighted by molar-refractivity contribution is -0.151. The van der Waals surface area contributed by atoms with Gasteiger partial charge in [0, 0.05) is 19.5 Å². The maximum Gasteiger partial charge on any atom is 0.174 e. The van der Waals surface area contributed by atoms with Crippen molar-refractivity contribution in [3.8, 4) is 0 Å². The highest BCUT2D eigenvalue weighted by Gasteiger charge is 2.11. The fourth-order valence-corrected chi connectivity index (χ4v) is 1.31. The van der Waals surface area contributed by atoms with E-state index < -0.39 is 12.5 Å². The standard InChI is InChI=1S/C11H23BN2O3/c1-3-5-10(15)14(9-12)8-7-13-17-11(16)6-4-2/h3,10-11,13,15-16H,1,4-9H2,2H3. The molecule has 0 saturated heterocycles. The molecule has 5 nitrogen and oxygen atoms in total. The molecule has 0 aromatic heterocycles. The number of hydroxylamine groups is 1. The van der Waals surface area contributed by atoms with Gasteiger partial charge in [-0.25, -0.2) is 0 Å². The van der Waals surface area contributed by atoms with E-state index in [4.69, 9.17) is 12.7 Å². The summed E-state index contributed by atoms with van der Waals surface area (Å²) in [7, 11) is 5.51. The molecular weight excluding hydrogens is 219 g/mol. The Labute approximate surface area is 105 Å². The van der Waals surface area contributed by atoms with Crippen molar-refractivity contribution in [2.24, 2.45) is 0 Å². The van der Waals surface area contributed by atoms with Gasteiger partial charge in [0.05, 0.1) is 7.85 Å². The van der Waals surface area contributed by atoms with Gasteiger partial charge in [0.15, 0.2) is 6.29 Å². The lowest BCUT2D eigenvalue weighted by atomic mass is 10.1. The summed E-state index contributed by atoms with van der Waals surface area (Å²) < 4.78 is 0. The summed E-state index contributed by atoms with van der Waals surface area (Å²) in [5, 5.41) is 18.9. The van der Waals surface area contributed by atoms with Gasteiger partial charge in [-0.2, -0.15) is 5.48 Å². The van der Waals surface area contributed by atoms with Crippen molar-refractivity contribution < 1.29 is 15.1 Å². The van der Waals surface area contributed by atoms with Crippen LogP contribution >= 0.6 is 0 Å². The number of hydrogen-bond acceptors (Lipinski definition) is 5. The highest BCUT2D eigenvalue weighted by Crippen LogP contribution is 2.00. The van der Waals surface area contributed by atoms with E-state index in [1.165, 1.54) is 0 Å². The van der Waals surface area contributed by atoms with Crippen LogP contribution in [0.3, 0.4) is 0 Å². The number of nitrogens with one attached hydrogen (secondary N) is 1. The molecule has 0 spiro atoms. The maximum atomic E-state index is 9.66. The Kier molecular flexibility index (Phi) is 10.5. The van der Waals surface area contributed by atoms with Gasteiger partial charge in [0.25, 0.3) is 0 Å². The molecule has 0 fully saturated rings. The van der Waals surface area contributed by atoms with Crippen LogP contribution < -0.4 is 5.48 Å². The van der Waals surface area contributed by atoms with Crippen LogP contribution in [0.4, 0.5) is 0 Å². The number of aliphatic hydroxyl groups excluding tert-OH is 2. The normalized spacial score (nSPS) is 14.8. The molecule has 2 radical (unpaired) electrons. The molecule has 17 heavy (non-hydrogen) atoms. The zero-order valence-electron chi connectivity index (χ0n) is 10.5. The zero-order valence-corrected chi connectivity index (χ0v) is 10.5. The fraction of sp³-hybridized carbons (Fsp3) is 0.818. The average molecular weight is 242 g/mol. The van der Waals surface area contributed by atoms with Crippen molar-refractivity contribution in [1.82, 2.24) is 10.4 Å². The second kappa shape index (κ2) is 10.7. The summed E-state index contributed by atoms with van der Waals surface area (Å²) in [6, 6.07) is 0. The topological polar surface area (TPSA) is 65.0 Å². The predicted molar refractivity (Wildman–Crippen MR) is 68.2 cm³/mol. The minimum atomic E-state index is -0.788. The summed E-state index contributed by atoms with van der Waals surface area (Å²) in [6.45, 7) is 6.53. The summed E-state index contributed by atoms with van der Waals surface area (Å²) in [5.41, 5.74) is 2.65. The quantitative estimate of drug-likeness (QED) is 0.156. The Balaban J connectivity index is 3.65. The van der Waals surface area contributed by atoms with Gasteiger partial charge in [0.2, 0.25) is 0 Å². The minimum absolute atomic E-state index is 0.258. The van der Waals surface area contributed by atoms with Crippen LogP contribution in [0.25, 0.3) is 0 Å². The molecular formula is C11H23BN2O3. The third-order valence-electron chi connectivity index (χ3n) is 2.29. The van der Waals surface area contributed by atoms with E-state index in [1.807, 2.05) is 6.92 Å². The average Bonchev–Trinajstić information content (AvgIpc) is 2.29. The van der Waals surface area contributed by atoms with E-state index in [9.17, 15) is 10.2 Å². The van der Waals surface area contributed by atoms with Crippen molar-refractivity contribution in [3.63, 3.8) is 0 Å². The highest BCUT2D eigenvalue weighted by atomic mass is 16.7. The molecule has 0 aliphatic heterocycles. The Bertz CT molecular complexity index is 196.